The van der Waals surface area contributed by atoms with E-state index in [1.54, 1.807) is 0 Å². The van der Waals surface area contributed by atoms with Crippen LogP contribution in [-0.4, -0.2) is 36.0 Å². The van der Waals surface area contributed by atoms with Gasteiger partial charge in [0.2, 0.25) is 5.13 Å². The van der Waals surface area contributed by atoms with Gasteiger partial charge in [-0.15, -0.1) is 0 Å². The number of rotatable bonds is 3. The smallest absolute Gasteiger partial charge is 0.204 e. The van der Waals surface area contributed by atoms with Gasteiger partial charge < -0.3 is 10.2 Å². The first-order valence-corrected chi connectivity index (χ1v) is 7.50. The number of hydrogen-bond acceptors (Lipinski definition) is 5. The summed E-state index contributed by atoms with van der Waals surface area (Å²) in [5, 5.41) is 4.46. The maximum absolute atomic E-state index is 4.66. The zero-order valence-electron chi connectivity index (χ0n) is 11.9. The van der Waals surface area contributed by atoms with Crippen LogP contribution in [0.5, 0.6) is 0 Å². The normalized spacial score (nSPS) is 18.0. The van der Waals surface area contributed by atoms with Crippen LogP contribution in [0.2, 0.25) is 0 Å². The van der Waals surface area contributed by atoms with Gasteiger partial charge in [-0.05, 0) is 31.8 Å². The summed E-state index contributed by atoms with van der Waals surface area (Å²) in [4.78, 5) is 6.93. The van der Waals surface area contributed by atoms with Gasteiger partial charge in [-0.1, -0.05) is 20.8 Å². The summed E-state index contributed by atoms with van der Waals surface area (Å²) in [5.74, 6) is 1.75. The molecular formula is C13H24N4S. The lowest BCUT2D eigenvalue weighted by Gasteiger charge is -2.27. The first kappa shape index (κ1) is 13.7. The largest absolute Gasteiger partial charge is 0.350 e. The van der Waals surface area contributed by atoms with Gasteiger partial charge in [0.25, 0.3) is 0 Å². The van der Waals surface area contributed by atoms with Crippen LogP contribution in [0.4, 0.5) is 5.13 Å². The van der Waals surface area contributed by atoms with Gasteiger partial charge in [-0.25, -0.2) is 4.98 Å². The summed E-state index contributed by atoms with van der Waals surface area (Å²) in [6.45, 7) is 9.88. The molecule has 1 N–H and O–H groups in total. The lowest BCUT2D eigenvalue weighted by Crippen LogP contribution is -2.34. The van der Waals surface area contributed by atoms with E-state index in [0.29, 0.717) is 0 Å². The molecule has 0 unspecified atom stereocenters. The molecule has 0 radical (unpaired) electrons. The van der Waals surface area contributed by atoms with Gasteiger partial charge in [-0.3, -0.25) is 0 Å². The van der Waals surface area contributed by atoms with Crippen LogP contribution >= 0.6 is 11.5 Å². The summed E-state index contributed by atoms with van der Waals surface area (Å²) in [6.07, 6.45) is 2.55. The van der Waals surface area contributed by atoms with Crippen LogP contribution in [0.1, 0.15) is 39.4 Å². The SMILES string of the molecule is CN(CC1CCNCC1)c1nc(C(C)(C)C)ns1. The van der Waals surface area contributed by atoms with E-state index in [0.717, 1.165) is 36.5 Å². The molecule has 0 atom stereocenters. The summed E-state index contributed by atoms with van der Waals surface area (Å²) in [7, 11) is 2.13. The zero-order chi connectivity index (χ0) is 13.2. The highest BCUT2D eigenvalue weighted by Gasteiger charge is 2.22. The van der Waals surface area contributed by atoms with Crippen molar-refractivity contribution in [1.29, 1.82) is 0 Å². The van der Waals surface area contributed by atoms with E-state index < -0.39 is 0 Å². The molecule has 0 aliphatic carbocycles. The van der Waals surface area contributed by atoms with Crippen molar-refractivity contribution in [2.24, 2.45) is 5.92 Å². The molecule has 0 saturated carbocycles. The number of hydrogen-bond donors (Lipinski definition) is 1. The molecule has 0 amide bonds. The topological polar surface area (TPSA) is 41.0 Å². The summed E-state index contributed by atoms with van der Waals surface area (Å²) < 4.78 is 4.48. The molecule has 102 valence electrons. The van der Waals surface area contributed by atoms with E-state index in [1.807, 2.05) is 0 Å². The first-order valence-electron chi connectivity index (χ1n) is 6.73. The Bertz CT molecular complexity index is 377. The fourth-order valence-electron chi connectivity index (χ4n) is 2.20. The second-order valence-corrected chi connectivity index (χ2v) is 6.95. The molecule has 1 aliphatic heterocycles. The fraction of sp³-hybridized carbons (Fsp3) is 0.846. The highest BCUT2D eigenvalue weighted by Crippen LogP contribution is 2.25. The standard InChI is InChI=1S/C13H24N4S/c1-13(2,3)11-15-12(18-16-11)17(4)9-10-5-7-14-8-6-10/h10,14H,5-9H2,1-4H3. The van der Waals surface area contributed by atoms with Crippen LogP contribution in [0.3, 0.4) is 0 Å². The van der Waals surface area contributed by atoms with Gasteiger partial charge >= 0.3 is 0 Å². The Balaban J connectivity index is 1.96. The highest BCUT2D eigenvalue weighted by atomic mass is 32.1. The minimum Gasteiger partial charge on any atom is -0.350 e. The number of nitrogens with zero attached hydrogens (tertiary/aromatic N) is 3. The van der Waals surface area contributed by atoms with E-state index in [9.17, 15) is 0 Å². The minimum atomic E-state index is 0.0460. The number of aromatic nitrogens is 2. The fourth-order valence-corrected chi connectivity index (χ4v) is 3.03. The van der Waals surface area contributed by atoms with Crippen LogP contribution in [0.25, 0.3) is 0 Å². The monoisotopic (exact) mass is 268 g/mol. The lowest BCUT2D eigenvalue weighted by atomic mass is 9.96. The maximum Gasteiger partial charge on any atom is 0.204 e. The van der Waals surface area contributed by atoms with Crippen molar-refractivity contribution < 1.29 is 0 Å². The van der Waals surface area contributed by atoms with E-state index >= 15 is 0 Å². The van der Waals surface area contributed by atoms with Crippen molar-refractivity contribution >= 4 is 16.7 Å². The average molecular weight is 268 g/mol. The molecule has 0 spiro atoms. The van der Waals surface area contributed by atoms with Crippen molar-refractivity contribution in [2.45, 2.75) is 39.0 Å². The molecule has 1 aromatic rings. The number of anilines is 1. The van der Waals surface area contributed by atoms with E-state index in [2.05, 4.69) is 47.4 Å². The average Bonchev–Trinajstić information content (AvgIpc) is 2.79. The number of piperidine rings is 1. The van der Waals surface area contributed by atoms with Crippen molar-refractivity contribution in [1.82, 2.24) is 14.7 Å². The summed E-state index contributed by atoms with van der Waals surface area (Å²) >= 11 is 1.52. The summed E-state index contributed by atoms with van der Waals surface area (Å²) in [6, 6.07) is 0. The van der Waals surface area contributed by atoms with Gasteiger partial charge in [0.05, 0.1) is 0 Å². The highest BCUT2D eigenvalue weighted by molar-refractivity contribution is 7.09. The quantitative estimate of drug-likeness (QED) is 0.913. The maximum atomic E-state index is 4.66. The zero-order valence-corrected chi connectivity index (χ0v) is 12.7. The van der Waals surface area contributed by atoms with Crippen LogP contribution in [-0.2, 0) is 5.41 Å². The van der Waals surface area contributed by atoms with Crippen molar-refractivity contribution in [2.75, 3.05) is 31.6 Å². The van der Waals surface area contributed by atoms with Gasteiger partial charge in [0.1, 0.15) is 5.82 Å². The van der Waals surface area contributed by atoms with Crippen LogP contribution in [0.15, 0.2) is 0 Å². The molecule has 1 aliphatic rings. The Labute approximate surface area is 114 Å². The Hall–Kier alpha value is -0.680. The molecule has 5 heteroatoms. The van der Waals surface area contributed by atoms with Crippen LogP contribution < -0.4 is 10.2 Å². The molecular weight excluding hydrogens is 244 g/mol. The molecule has 1 aromatic heterocycles. The van der Waals surface area contributed by atoms with E-state index in [-0.39, 0.29) is 5.41 Å². The van der Waals surface area contributed by atoms with E-state index in [1.165, 1.54) is 24.4 Å². The Morgan fingerprint density at radius 1 is 1.33 bits per heavy atom. The Morgan fingerprint density at radius 2 is 2.00 bits per heavy atom. The molecule has 2 heterocycles. The summed E-state index contributed by atoms with van der Waals surface area (Å²) in [5.41, 5.74) is 0.0460. The molecule has 0 aromatic carbocycles. The predicted molar refractivity (Wildman–Crippen MR) is 77.5 cm³/mol. The lowest BCUT2D eigenvalue weighted by molar-refractivity contribution is 0.377. The van der Waals surface area contributed by atoms with Crippen LogP contribution in [0, 0.1) is 5.92 Å². The van der Waals surface area contributed by atoms with E-state index in [4.69, 9.17) is 0 Å². The predicted octanol–water partition coefficient (Wildman–Crippen LogP) is 2.27. The second kappa shape index (κ2) is 5.53. The molecule has 1 saturated heterocycles. The molecule has 2 rings (SSSR count). The third-order valence-corrected chi connectivity index (χ3v) is 4.23. The first-order chi connectivity index (χ1) is 8.47. The van der Waals surface area contributed by atoms with Gasteiger partial charge in [0.15, 0.2) is 0 Å². The van der Waals surface area contributed by atoms with Gasteiger partial charge in [-0.2, -0.15) is 4.37 Å². The van der Waals surface area contributed by atoms with Gasteiger partial charge in [0, 0.05) is 30.5 Å². The number of nitrogens with one attached hydrogen (secondary N) is 1. The Morgan fingerprint density at radius 3 is 2.56 bits per heavy atom. The molecule has 18 heavy (non-hydrogen) atoms. The Kier molecular flexibility index (Phi) is 4.22. The minimum absolute atomic E-state index is 0.0460. The molecule has 4 nitrogen and oxygen atoms in total. The van der Waals surface area contributed by atoms with Crippen molar-refractivity contribution in [3.63, 3.8) is 0 Å². The second-order valence-electron chi connectivity index (χ2n) is 6.22. The third-order valence-electron chi connectivity index (χ3n) is 3.40. The van der Waals surface area contributed by atoms with Crippen molar-refractivity contribution in [3.05, 3.63) is 5.82 Å². The molecule has 0 bridgehead atoms. The van der Waals surface area contributed by atoms with Crippen molar-refractivity contribution in [3.8, 4) is 0 Å². The third kappa shape index (κ3) is 3.42. The molecule has 1 fully saturated rings.